The minimum Gasteiger partial charge on any atom is -0.396 e. The van der Waals surface area contributed by atoms with Crippen LogP contribution in [0.15, 0.2) is 72.1 Å². The van der Waals surface area contributed by atoms with Crippen molar-refractivity contribution in [2.75, 3.05) is 6.54 Å². The van der Waals surface area contributed by atoms with E-state index in [9.17, 15) is 13.6 Å². The first-order chi connectivity index (χ1) is 14.3. The standard InChI is InChI=1S/C23H24ClF2N3O/c1-3-7-16(11-12-20(25)26)14-29-15(2)21(27)22-18(9-6-13-28-22)23(30)17-8-4-5-10-19(17)24/h3-11,13,20,29H,12,14,27H2,1-2H3/b7-3-,16-11+,21-15-. The molecule has 0 aliphatic rings. The van der Waals surface area contributed by atoms with Crippen LogP contribution in [0.5, 0.6) is 0 Å². The highest BCUT2D eigenvalue weighted by Gasteiger charge is 2.19. The van der Waals surface area contributed by atoms with E-state index in [1.54, 1.807) is 61.7 Å². The Balaban J connectivity index is 2.30. The van der Waals surface area contributed by atoms with Gasteiger partial charge in [0, 0.05) is 30.4 Å². The first-order valence-corrected chi connectivity index (χ1v) is 9.77. The molecule has 0 spiro atoms. The highest BCUT2D eigenvalue weighted by atomic mass is 35.5. The maximum atomic E-state index is 13.0. The average molecular weight is 432 g/mol. The predicted molar refractivity (Wildman–Crippen MR) is 117 cm³/mol. The van der Waals surface area contributed by atoms with Gasteiger partial charge in [0.2, 0.25) is 6.43 Å². The average Bonchev–Trinajstić information content (AvgIpc) is 2.74. The molecule has 0 aliphatic carbocycles. The molecule has 2 rings (SSSR count). The number of benzene rings is 1. The zero-order valence-electron chi connectivity index (χ0n) is 16.8. The van der Waals surface area contributed by atoms with Crippen molar-refractivity contribution in [1.82, 2.24) is 10.3 Å². The second-order valence-corrected chi connectivity index (χ2v) is 6.91. The molecule has 0 bridgehead atoms. The van der Waals surface area contributed by atoms with E-state index in [0.29, 0.717) is 45.4 Å². The second-order valence-electron chi connectivity index (χ2n) is 6.51. The lowest BCUT2D eigenvalue weighted by atomic mass is 10.00. The van der Waals surface area contributed by atoms with Crippen molar-refractivity contribution < 1.29 is 13.6 Å². The van der Waals surface area contributed by atoms with E-state index in [4.69, 9.17) is 17.3 Å². The van der Waals surface area contributed by atoms with Crippen LogP contribution < -0.4 is 11.1 Å². The number of rotatable bonds is 9. The van der Waals surface area contributed by atoms with Crippen molar-refractivity contribution >= 4 is 23.1 Å². The largest absolute Gasteiger partial charge is 0.396 e. The normalized spacial score (nSPS) is 12.9. The number of nitrogens with two attached hydrogens (primary N) is 1. The molecule has 2 aromatic rings. The molecule has 0 saturated carbocycles. The summed E-state index contributed by atoms with van der Waals surface area (Å²) in [6.45, 7) is 3.87. The Morgan fingerprint density at radius 1 is 1.23 bits per heavy atom. The summed E-state index contributed by atoms with van der Waals surface area (Å²) in [4.78, 5) is 17.3. The van der Waals surface area contributed by atoms with E-state index in [1.165, 1.54) is 6.08 Å². The molecule has 30 heavy (non-hydrogen) atoms. The van der Waals surface area contributed by atoms with E-state index in [2.05, 4.69) is 10.3 Å². The van der Waals surface area contributed by atoms with Gasteiger partial charge in [0.25, 0.3) is 0 Å². The van der Waals surface area contributed by atoms with E-state index in [1.807, 2.05) is 6.92 Å². The van der Waals surface area contributed by atoms with Gasteiger partial charge in [-0.25, -0.2) is 8.78 Å². The molecule has 1 aromatic heterocycles. The zero-order valence-corrected chi connectivity index (χ0v) is 17.6. The van der Waals surface area contributed by atoms with Crippen molar-refractivity contribution in [2.24, 2.45) is 5.73 Å². The Kier molecular flexibility index (Phi) is 8.74. The van der Waals surface area contributed by atoms with Crippen LogP contribution in [0.3, 0.4) is 0 Å². The van der Waals surface area contributed by atoms with Crippen LogP contribution in [0.4, 0.5) is 8.78 Å². The first-order valence-electron chi connectivity index (χ1n) is 9.39. The molecule has 0 unspecified atom stereocenters. The van der Waals surface area contributed by atoms with Gasteiger partial charge in [-0.3, -0.25) is 9.78 Å². The fourth-order valence-corrected chi connectivity index (χ4v) is 2.98. The van der Waals surface area contributed by atoms with Gasteiger partial charge in [0.05, 0.1) is 22.0 Å². The first kappa shape index (κ1) is 23.3. The minimum atomic E-state index is -2.40. The van der Waals surface area contributed by atoms with Crippen molar-refractivity contribution in [3.63, 3.8) is 0 Å². The molecule has 1 aromatic carbocycles. The molecule has 0 fully saturated rings. The lowest BCUT2D eigenvalue weighted by molar-refractivity contribution is 0.103. The number of nitrogens with one attached hydrogen (secondary N) is 1. The van der Waals surface area contributed by atoms with Gasteiger partial charge in [-0.2, -0.15) is 0 Å². The fourth-order valence-electron chi connectivity index (χ4n) is 2.75. The highest BCUT2D eigenvalue weighted by molar-refractivity contribution is 6.35. The van der Waals surface area contributed by atoms with Crippen LogP contribution in [0, 0.1) is 0 Å². The van der Waals surface area contributed by atoms with Gasteiger partial charge in [-0.05, 0) is 43.7 Å². The molecule has 7 heteroatoms. The predicted octanol–water partition coefficient (Wildman–Crippen LogP) is 5.36. The van der Waals surface area contributed by atoms with Crippen molar-refractivity contribution in [3.8, 4) is 0 Å². The summed E-state index contributed by atoms with van der Waals surface area (Å²) in [7, 11) is 0. The Hall–Kier alpha value is -2.99. The maximum absolute atomic E-state index is 13.0. The number of aromatic nitrogens is 1. The third-order valence-corrected chi connectivity index (χ3v) is 4.66. The SMILES string of the molecule is C/C=C\C(=C/CC(F)F)CN/C(C)=C(\N)c1ncccc1C(=O)c1ccccc1Cl. The molecule has 158 valence electrons. The van der Waals surface area contributed by atoms with Gasteiger partial charge in [0.1, 0.15) is 0 Å². The Bertz CT molecular complexity index is 984. The van der Waals surface area contributed by atoms with E-state index >= 15 is 0 Å². The van der Waals surface area contributed by atoms with Gasteiger partial charge >= 0.3 is 0 Å². The number of ketones is 1. The van der Waals surface area contributed by atoms with Gasteiger partial charge in [-0.15, -0.1) is 0 Å². The summed E-state index contributed by atoms with van der Waals surface area (Å²) in [6.07, 6.45) is 3.84. The Labute approximate surface area is 180 Å². The zero-order chi connectivity index (χ0) is 22.1. The Morgan fingerprint density at radius 2 is 1.93 bits per heavy atom. The smallest absolute Gasteiger partial charge is 0.242 e. The number of halogens is 3. The summed E-state index contributed by atoms with van der Waals surface area (Å²) in [6, 6.07) is 10.1. The molecule has 0 aliphatic heterocycles. The quantitative estimate of drug-likeness (QED) is 0.414. The van der Waals surface area contributed by atoms with Crippen LogP contribution in [0.25, 0.3) is 5.70 Å². The minimum absolute atomic E-state index is 0.286. The molecule has 4 nitrogen and oxygen atoms in total. The lowest BCUT2D eigenvalue weighted by Crippen LogP contribution is -2.20. The van der Waals surface area contributed by atoms with Crippen molar-refractivity contribution in [1.29, 1.82) is 0 Å². The molecular formula is C23H24ClF2N3O. The van der Waals surface area contributed by atoms with Gasteiger partial charge < -0.3 is 11.1 Å². The van der Waals surface area contributed by atoms with E-state index < -0.39 is 6.43 Å². The molecule has 0 atom stereocenters. The molecular weight excluding hydrogens is 408 g/mol. The third-order valence-electron chi connectivity index (χ3n) is 4.33. The van der Waals surface area contributed by atoms with Crippen molar-refractivity contribution in [3.05, 3.63) is 93.9 Å². The number of pyridine rings is 1. The number of alkyl halides is 2. The third kappa shape index (κ3) is 6.26. The Morgan fingerprint density at radius 3 is 2.60 bits per heavy atom. The van der Waals surface area contributed by atoms with Crippen LogP contribution in [-0.2, 0) is 0 Å². The van der Waals surface area contributed by atoms with E-state index in [0.717, 1.165) is 0 Å². The summed E-state index contributed by atoms with van der Waals surface area (Å²) in [5.41, 5.74) is 8.88. The monoisotopic (exact) mass is 431 g/mol. The topological polar surface area (TPSA) is 68.0 Å². The molecule has 0 amide bonds. The summed E-state index contributed by atoms with van der Waals surface area (Å²) in [5, 5.41) is 3.46. The lowest BCUT2D eigenvalue weighted by Gasteiger charge is -2.14. The molecule has 3 N–H and O–H groups in total. The number of hydrogen-bond donors (Lipinski definition) is 2. The maximum Gasteiger partial charge on any atom is 0.242 e. The van der Waals surface area contributed by atoms with Crippen LogP contribution in [0.1, 0.15) is 41.9 Å². The number of allylic oxidation sites excluding steroid dienone is 3. The van der Waals surface area contributed by atoms with Crippen LogP contribution >= 0.6 is 11.6 Å². The van der Waals surface area contributed by atoms with Gasteiger partial charge in [0.15, 0.2) is 5.78 Å². The number of carbonyl (C=O) groups is 1. The van der Waals surface area contributed by atoms with Crippen LogP contribution in [-0.4, -0.2) is 23.7 Å². The number of carbonyl (C=O) groups excluding carboxylic acids is 1. The summed E-state index contributed by atoms with van der Waals surface area (Å²) >= 11 is 6.17. The molecule has 0 radical (unpaired) electrons. The fraction of sp³-hybridized carbons (Fsp3) is 0.217. The van der Waals surface area contributed by atoms with E-state index in [-0.39, 0.29) is 12.2 Å². The number of nitrogens with zero attached hydrogens (tertiary/aromatic N) is 1. The van der Waals surface area contributed by atoms with Crippen LogP contribution in [0.2, 0.25) is 5.02 Å². The second kappa shape index (κ2) is 11.3. The highest BCUT2D eigenvalue weighted by Crippen LogP contribution is 2.23. The molecule has 1 heterocycles. The number of hydrogen-bond acceptors (Lipinski definition) is 4. The van der Waals surface area contributed by atoms with Crippen molar-refractivity contribution in [2.45, 2.75) is 26.7 Å². The van der Waals surface area contributed by atoms with Gasteiger partial charge in [-0.1, -0.05) is 42.0 Å². The molecule has 0 saturated heterocycles. The summed E-state index contributed by atoms with van der Waals surface area (Å²) < 4.78 is 25.0. The summed E-state index contributed by atoms with van der Waals surface area (Å²) in [5.74, 6) is -0.286.